The number of fused-ring (bicyclic) bond motifs is 4. The second-order valence-corrected chi connectivity index (χ2v) is 29.3. The van der Waals surface area contributed by atoms with Crippen molar-refractivity contribution in [2.75, 3.05) is 50.6 Å². The first-order chi connectivity index (χ1) is 41.9. The second-order valence-electron chi connectivity index (χ2n) is 23.6. The van der Waals surface area contributed by atoms with Crippen LogP contribution >= 0.6 is 68.0 Å². The Bertz CT molecular complexity index is 4440. The molecule has 3 aliphatic rings. The van der Waals surface area contributed by atoms with Gasteiger partial charge in [-0.3, -0.25) is 38.3 Å². The van der Waals surface area contributed by atoms with E-state index in [1.807, 2.05) is 35.0 Å². The zero-order valence-corrected chi connectivity index (χ0v) is 54.0. The minimum absolute atomic E-state index is 0.0102. The molecule has 452 valence electrons. The Kier molecular flexibility index (Phi) is 16.2. The van der Waals surface area contributed by atoms with Gasteiger partial charge in [0.25, 0.3) is 16.3 Å². The van der Waals surface area contributed by atoms with Gasteiger partial charge in [-0.1, -0.05) is 68.0 Å². The maximum absolute atomic E-state index is 12.6. The maximum atomic E-state index is 12.6. The standard InChI is InChI=1S/C21H24N6O2S2.C19H22N6OS2.C18H19N7OS2/c1-20(2)8-14(9-21(3,4)26-20)29-19-25-17-16(31-19)24-18(30-17)27-6-5-12(7-15(27)28)13-10-22-23-11-13;1-11-10-13(7-8-23(11)2)24(3)18-21-16-17(27-18)22-19(28-16)25-9-6-12-4-5-14(26)20-15(12)25;1-24(13-3-2-5-19-10-13)17-22-15-16(27-17)23-18(28-15)25-6-4-11(7-14(25)26)12-8-20-21-9-12/h5-7,10-11,14,26H,8-9H2,1-4H3,(H,22,23);4-6,9,11,13H,7-8,10H2,1-3H3,(H,20,26);4,6-9,13,19H,2-3,5,10H2,1H3,(H,20,21). The first kappa shape index (κ1) is 58.7. The average molecular weight is 1280 g/mol. The van der Waals surface area contributed by atoms with Crippen LogP contribution in [0.15, 0.2) is 100 Å². The van der Waals surface area contributed by atoms with E-state index in [-0.39, 0.29) is 33.9 Å². The van der Waals surface area contributed by atoms with Crippen molar-refractivity contribution in [1.29, 1.82) is 0 Å². The van der Waals surface area contributed by atoms with Crippen molar-refractivity contribution < 1.29 is 4.74 Å². The Morgan fingerprint density at radius 1 is 0.621 bits per heavy atom. The van der Waals surface area contributed by atoms with Crippen LogP contribution in [-0.4, -0.2) is 150 Å². The minimum Gasteiger partial charge on any atom is -0.466 e. The minimum atomic E-state index is -0.143. The number of pyridine rings is 3. The highest BCUT2D eigenvalue weighted by Crippen LogP contribution is 2.39. The van der Waals surface area contributed by atoms with E-state index >= 15 is 0 Å². The van der Waals surface area contributed by atoms with Gasteiger partial charge in [-0.15, -0.1) is 0 Å². The summed E-state index contributed by atoms with van der Waals surface area (Å²) >= 11 is 9.04. The van der Waals surface area contributed by atoms with Gasteiger partial charge in [-0.25, -0.2) is 24.9 Å². The molecule has 5 N–H and O–H groups in total. The summed E-state index contributed by atoms with van der Waals surface area (Å²) in [6.45, 7) is 14.3. The second kappa shape index (κ2) is 24.0. The molecule has 0 amide bonds. The third-order valence-electron chi connectivity index (χ3n) is 16.1. The molecule has 15 rings (SSSR count). The van der Waals surface area contributed by atoms with Crippen molar-refractivity contribution in [3.8, 4) is 42.8 Å². The van der Waals surface area contributed by atoms with Gasteiger partial charge in [0.05, 0.1) is 12.4 Å². The summed E-state index contributed by atoms with van der Waals surface area (Å²) < 4.78 is 11.3. The normalized spacial score (nSPS) is 18.9. The number of ether oxygens (including phenoxy) is 1. The lowest BCUT2D eigenvalue weighted by molar-refractivity contribution is 0.0559. The zero-order chi connectivity index (χ0) is 60.3. The van der Waals surface area contributed by atoms with E-state index in [1.54, 1.807) is 98.5 Å². The number of hydrogen-bond donors (Lipinski definition) is 5. The summed E-state index contributed by atoms with van der Waals surface area (Å²) in [7, 11) is 6.44. The molecule has 0 radical (unpaired) electrons. The summed E-state index contributed by atoms with van der Waals surface area (Å²) in [5, 5.41) is 26.2. The van der Waals surface area contributed by atoms with Gasteiger partial charge in [0, 0.05) is 135 Å². The van der Waals surface area contributed by atoms with Gasteiger partial charge < -0.3 is 35.1 Å². The third-order valence-corrected chi connectivity index (χ3v) is 22.3. The number of rotatable bonds is 11. The van der Waals surface area contributed by atoms with Crippen LogP contribution in [0.25, 0.3) is 77.7 Å². The fourth-order valence-corrected chi connectivity index (χ4v) is 17.8. The van der Waals surface area contributed by atoms with Crippen LogP contribution in [-0.2, 0) is 0 Å². The number of likely N-dealkylation sites (tertiary alicyclic amines) is 1. The summed E-state index contributed by atoms with van der Waals surface area (Å²) in [5.74, 6) is 0. The van der Waals surface area contributed by atoms with Crippen molar-refractivity contribution in [3.63, 3.8) is 0 Å². The van der Waals surface area contributed by atoms with Gasteiger partial charge >= 0.3 is 0 Å². The molecule has 12 aromatic rings. The Labute approximate surface area is 522 Å². The predicted molar refractivity (Wildman–Crippen MR) is 352 cm³/mol. The van der Waals surface area contributed by atoms with E-state index in [4.69, 9.17) is 19.7 Å². The number of aromatic nitrogens is 14. The molecule has 0 bridgehead atoms. The smallest absolute Gasteiger partial charge is 0.276 e. The number of nitrogens with zero attached hydrogens (tertiary/aromatic N) is 14. The zero-order valence-electron chi connectivity index (χ0n) is 49.1. The Morgan fingerprint density at radius 3 is 1.68 bits per heavy atom. The molecular formula is C58H65N19O4S6. The molecule has 29 heteroatoms. The predicted octanol–water partition coefficient (Wildman–Crippen LogP) is 9.77. The van der Waals surface area contributed by atoms with Crippen LogP contribution in [0.2, 0.25) is 0 Å². The lowest BCUT2D eigenvalue weighted by Crippen LogP contribution is -2.60. The largest absolute Gasteiger partial charge is 0.466 e. The van der Waals surface area contributed by atoms with Crippen LogP contribution in [0.1, 0.15) is 73.1 Å². The molecule has 0 saturated carbocycles. The van der Waals surface area contributed by atoms with E-state index in [0.717, 1.165) is 123 Å². The van der Waals surface area contributed by atoms with Gasteiger partial charge in [-0.05, 0) is 109 Å². The molecule has 23 nitrogen and oxygen atoms in total. The molecule has 0 spiro atoms. The molecule has 87 heavy (non-hydrogen) atoms. The first-order valence-electron chi connectivity index (χ1n) is 28.7. The molecule has 3 saturated heterocycles. The van der Waals surface area contributed by atoms with Gasteiger partial charge in [0.15, 0.2) is 54.6 Å². The van der Waals surface area contributed by atoms with Crippen molar-refractivity contribution in [3.05, 3.63) is 117 Å². The molecule has 3 atom stereocenters. The Hall–Kier alpha value is -7.35. The molecule has 3 aliphatic heterocycles. The van der Waals surface area contributed by atoms with Crippen molar-refractivity contribution in [1.82, 2.24) is 84.5 Å². The third kappa shape index (κ3) is 12.6. The number of likely N-dealkylation sites (N-methyl/N-ethyl adjacent to an activating group) is 1. The molecule has 15 heterocycles. The SMILES string of the molecule is CC1(C)CC(Oc2nc3sc(-n4ccc(-c5cn[nH]c5)cc4=O)nc3s2)CC(C)(C)N1.CC1CC(N(C)c2nc3sc(-n4ccc5ccc(=O)[nH]c54)nc3s2)CCN1C.CN(c1nc2sc(-n3ccc(-c4cn[nH]c4)cc3=O)nc2s1)C1CCCNC1. The first-order valence-corrected chi connectivity index (χ1v) is 33.6. The number of thiazole rings is 6. The number of anilines is 2. The Morgan fingerprint density at radius 2 is 1.16 bits per heavy atom. The number of nitrogens with one attached hydrogen (secondary N) is 5. The molecule has 0 aromatic carbocycles. The van der Waals surface area contributed by atoms with Crippen molar-refractivity contribution >= 4 is 118 Å². The van der Waals surface area contributed by atoms with Crippen LogP contribution in [0.3, 0.4) is 0 Å². The highest BCUT2D eigenvalue weighted by atomic mass is 32.1. The molecule has 3 fully saturated rings. The topological polar surface area (TPSA) is 259 Å². The highest BCUT2D eigenvalue weighted by molar-refractivity contribution is 7.30. The van der Waals surface area contributed by atoms with Crippen LogP contribution in [0, 0.1) is 0 Å². The summed E-state index contributed by atoms with van der Waals surface area (Å²) in [5.41, 5.74) is 3.82. The van der Waals surface area contributed by atoms with Gasteiger partial charge in [-0.2, -0.15) is 15.2 Å². The van der Waals surface area contributed by atoms with E-state index < -0.39 is 0 Å². The summed E-state index contributed by atoms with van der Waals surface area (Å²) in [6.07, 6.45) is 19.0. The van der Waals surface area contributed by atoms with E-state index in [9.17, 15) is 14.4 Å². The van der Waals surface area contributed by atoms with Crippen LogP contribution in [0.5, 0.6) is 5.19 Å². The molecular weight excluding hydrogens is 1220 g/mol. The highest BCUT2D eigenvalue weighted by Gasteiger charge is 2.39. The van der Waals surface area contributed by atoms with Gasteiger partial charge in [0.1, 0.15) is 11.8 Å². The summed E-state index contributed by atoms with van der Waals surface area (Å²) in [4.78, 5) is 80.4. The molecule has 0 aliphatic carbocycles. The van der Waals surface area contributed by atoms with Crippen LogP contribution in [0.4, 0.5) is 10.3 Å². The number of H-pyrrole nitrogens is 3. The fraction of sp³-hybridized carbons (Fsp3) is 0.397. The molecule has 12 aromatic heterocycles. The van der Waals surface area contributed by atoms with Crippen molar-refractivity contribution in [2.24, 2.45) is 0 Å². The number of aromatic amines is 3. The van der Waals surface area contributed by atoms with E-state index in [1.165, 1.54) is 46.9 Å². The summed E-state index contributed by atoms with van der Waals surface area (Å²) in [6, 6.07) is 13.9. The van der Waals surface area contributed by atoms with E-state index in [0.29, 0.717) is 33.6 Å². The molecule has 3 unspecified atom stereocenters. The van der Waals surface area contributed by atoms with Crippen molar-refractivity contribution in [2.45, 2.75) is 108 Å². The maximum Gasteiger partial charge on any atom is 0.276 e. The number of piperidine rings is 3. The van der Waals surface area contributed by atoms with Gasteiger partial charge in [0.2, 0.25) is 5.56 Å². The fourth-order valence-electron chi connectivity index (χ4n) is 11.7. The average Bonchev–Trinajstić information content (AvgIpc) is 1.82. The van der Waals surface area contributed by atoms with E-state index in [2.05, 4.69) is 121 Å². The van der Waals surface area contributed by atoms with Crippen LogP contribution < -0.4 is 41.8 Å². The Balaban J connectivity index is 0.000000121. The lowest BCUT2D eigenvalue weighted by atomic mass is 9.81. The number of hydrogen-bond acceptors (Lipinski definition) is 23. The monoisotopic (exact) mass is 1280 g/mol. The lowest BCUT2D eigenvalue weighted by Gasteiger charge is -2.45. The quantitative estimate of drug-likeness (QED) is 0.0807.